The van der Waals surface area contributed by atoms with E-state index in [0.29, 0.717) is 11.8 Å². The molecular formula is C20H22N4. The van der Waals surface area contributed by atoms with Gasteiger partial charge in [-0.05, 0) is 47.6 Å². The predicted octanol–water partition coefficient (Wildman–Crippen LogP) is 4.45. The highest BCUT2D eigenvalue weighted by Gasteiger charge is 2.11. The Balaban J connectivity index is 1.60. The van der Waals surface area contributed by atoms with Crippen molar-refractivity contribution in [3.05, 3.63) is 72.1 Å². The van der Waals surface area contributed by atoms with Crippen molar-refractivity contribution >= 4 is 11.3 Å². The summed E-state index contributed by atoms with van der Waals surface area (Å²) >= 11 is 0. The summed E-state index contributed by atoms with van der Waals surface area (Å²) in [4.78, 5) is 9.15. The lowest BCUT2D eigenvalue weighted by Crippen LogP contribution is -2.00. The Morgan fingerprint density at radius 1 is 0.917 bits per heavy atom. The van der Waals surface area contributed by atoms with Crippen molar-refractivity contribution < 1.29 is 0 Å². The van der Waals surface area contributed by atoms with E-state index >= 15 is 0 Å². The molecule has 4 heteroatoms. The highest BCUT2D eigenvalue weighted by molar-refractivity contribution is 5.44. The second kappa shape index (κ2) is 5.78. The fourth-order valence-corrected chi connectivity index (χ4v) is 3.17. The minimum atomic E-state index is 0.404. The van der Waals surface area contributed by atoms with Crippen molar-refractivity contribution in [3.63, 3.8) is 0 Å². The van der Waals surface area contributed by atoms with Crippen LogP contribution < -0.4 is 0 Å². The maximum absolute atomic E-state index is 4.77. The van der Waals surface area contributed by atoms with Gasteiger partial charge in [-0.3, -0.25) is 0 Å². The fourth-order valence-electron chi connectivity index (χ4n) is 3.17. The maximum atomic E-state index is 4.77. The molecule has 0 N–H and O–H groups in total. The van der Waals surface area contributed by atoms with Crippen LogP contribution in [0.4, 0.5) is 0 Å². The van der Waals surface area contributed by atoms with Crippen molar-refractivity contribution in [2.24, 2.45) is 0 Å². The molecule has 4 aromatic rings. The van der Waals surface area contributed by atoms with Gasteiger partial charge in [-0.2, -0.15) is 0 Å². The standard InChI is InChI=1S/C20H22N4/c1-14(2)17-4-5-19-22-18(13-24(19)12-17)10-15(3)16-6-8-23-9-7-21-20(23)11-16/h4-9,11-15H,10H2,1-3H3. The summed E-state index contributed by atoms with van der Waals surface area (Å²) in [7, 11) is 0. The summed E-state index contributed by atoms with van der Waals surface area (Å²) in [6.45, 7) is 6.68. The van der Waals surface area contributed by atoms with Crippen molar-refractivity contribution in [2.75, 3.05) is 0 Å². The summed E-state index contributed by atoms with van der Waals surface area (Å²) in [6.07, 6.45) is 11.2. The Bertz CT molecular complexity index is 993. The van der Waals surface area contributed by atoms with E-state index in [2.05, 4.69) is 73.0 Å². The minimum absolute atomic E-state index is 0.404. The van der Waals surface area contributed by atoms with E-state index in [1.165, 1.54) is 11.1 Å². The summed E-state index contributed by atoms with van der Waals surface area (Å²) in [5, 5.41) is 0. The Morgan fingerprint density at radius 3 is 2.62 bits per heavy atom. The van der Waals surface area contributed by atoms with Gasteiger partial charge in [-0.1, -0.05) is 26.8 Å². The first kappa shape index (κ1) is 14.9. The van der Waals surface area contributed by atoms with Crippen molar-refractivity contribution in [3.8, 4) is 0 Å². The molecular weight excluding hydrogens is 296 g/mol. The third-order valence-corrected chi connectivity index (χ3v) is 4.70. The number of hydrogen-bond acceptors (Lipinski definition) is 2. The van der Waals surface area contributed by atoms with Gasteiger partial charge < -0.3 is 8.80 Å². The van der Waals surface area contributed by atoms with Crippen LogP contribution in [-0.4, -0.2) is 18.8 Å². The van der Waals surface area contributed by atoms with Gasteiger partial charge in [0.25, 0.3) is 0 Å². The average molecular weight is 318 g/mol. The van der Waals surface area contributed by atoms with Gasteiger partial charge in [0.05, 0.1) is 5.69 Å². The monoisotopic (exact) mass is 318 g/mol. The first-order valence-electron chi connectivity index (χ1n) is 8.50. The summed E-state index contributed by atoms with van der Waals surface area (Å²) in [6, 6.07) is 8.62. The lowest BCUT2D eigenvalue weighted by atomic mass is 9.97. The molecule has 1 atom stereocenters. The molecule has 4 heterocycles. The zero-order chi connectivity index (χ0) is 16.7. The topological polar surface area (TPSA) is 34.6 Å². The van der Waals surface area contributed by atoms with Crippen LogP contribution in [0.3, 0.4) is 0 Å². The van der Waals surface area contributed by atoms with E-state index in [4.69, 9.17) is 4.98 Å². The second-order valence-corrected chi connectivity index (χ2v) is 6.87. The van der Waals surface area contributed by atoms with Crippen LogP contribution >= 0.6 is 0 Å². The van der Waals surface area contributed by atoms with Gasteiger partial charge in [0.2, 0.25) is 0 Å². The van der Waals surface area contributed by atoms with E-state index in [0.717, 1.165) is 23.4 Å². The largest absolute Gasteiger partial charge is 0.307 e. The quantitative estimate of drug-likeness (QED) is 0.557. The second-order valence-electron chi connectivity index (χ2n) is 6.87. The summed E-state index contributed by atoms with van der Waals surface area (Å²) in [5.41, 5.74) is 5.78. The molecule has 0 amide bonds. The van der Waals surface area contributed by atoms with Crippen LogP contribution in [0.25, 0.3) is 11.3 Å². The van der Waals surface area contributed by atoms with E-state index in [1.807, 2.05) is 16.8 Å². The molecule has 0 aliphatic heterocycles. The van der Waals surface area contributed by atoms with Gasteiger partial charge in [-0.15, -0.1) is 0 Å². The highest BCUT2D eigenvalue weighted by Crippen LogP contribution is 2.22. The number of pyridine rings is 2. The fraction of sp³-hybridized carbons (Fsp3) is 0.300. The van der Waals surface area contributed by atoms with Crippen LogP contribution in [0.5, 0.6) is 0 Å². The zero-order valence-electron chi connectivity index (χ0n) is 14.3. The molecule has 0 saturated heterocycles. The smallest absolute Gasteiger partial charge is 0.136 e. The Hall–Kier alpha value is -2.62. The van der Waals surface area contributed by atoms with Crippen LogP contribution in [-0.2, 0) is 6.42 Å². The van der Waals surface area contributed by atoms with Crippen molar-refractivity contribution in [1.82, 2.24) is 18.8 Å². The first-order chi connectivity index (χ1) is 11.6. The van der Waals surface area contributed by atoms with Crippen LogP contribution in [0.15, 0.2) is 55.2 Å². The molecule has 4 aromatic heterocycles. The van der Waals surface area contributed by atoms with Crippen LogP contribution in [0.2, 0.25) is 0 Å². The number of imidazole rings is 2. The number of nitrogens with zero attached hydrogens (tertiary/aromatic N) is 4. The highest BCUT2D eigenvalue weighted by atomic mass is 15.0. The molecule has 0 saturated carbocycles. The Kier molecular flexibility index (Phi) is 3.60. The average Bonchev–Trinajstić information content (AvgIpc) is 3.18. The third kappa shape index (κ3) is 2.68. The lowest BCUT2D eigenvalue weighted by molar-refractivity contribution is 0.744. The molecule has 0 radical (unpaired) electrons. The summed E-state index contributed by atoms with van der Waals surface area (Å²) in [5.74, 6) is 0.932. The minimum Gasteiger partial charge on any atom is -0.307 e. The van der Waals surface area contributed by atoms with Gasteiger partial charge in [0.15, 0.2) is 0 Å². The number of hydrogen-bond donors (Lipinski definition) is 0. The van der Waals surface area contributed by atoms with Gasteiger partial charge in [0, 0.05) is 31.0 Å². The zero-order valence-corrected chi connectivity index (χ0v) is 14.3. The molecule has 4 nitrogen and oxygen atoms in total. The molecule has 24 heavy (non-hydrogen) atoms. The van der Waals surface area contributed by atoms with Crippen LogP contribution in [0.1, 0.15) is 49.4 Å². The van der Waals surface area contributed by atoms with E-state index < -0.39 is 0 Å². The van der Waals surface area contributed by atoms with E-state index in [-0.39, 0.29) is 0 Å². The predicted molar refractivity (Wildman–Crippen MR) is 96.6 cm³/mol. The lowest BCUT2D eigenvalue weighted by Gasteiger charge is -2.10. The van der Waals surface area contributed by atoms with E-state index in [9.17, 15) is 0 Å². The molecule has 4 rings (SSSR count). The van der Waals surface area contributed by atoms with Crippen molar-refractivity contribution in [2.45, 2.75) is 39.0 Å². The number of aromatic nitrogens is 4. The van der Waals surface area contributed by atoms with Gasteiger partial charge in [0.1, 0.15) is 11.3 Å². The Morgan fingerprint density at radius 2 is 1.79 bits per heavy atom. The number of rotatable bonds is 4. The maximum Gasteiger partial charge on any atom is 0.136 e. The molecule has 0 spiro atoms. The molecule has 0 aliphatic carbocycles. The normalized spacial score (nSPS) is 13.2. The molecule has 1 unspecified atom stereocenters. The van der Waals surface area contributed by atoms with Crippen molar-refractivity contribution in [1.29, 1.82) is 0 Å². The number of fused-ring (bicyclic) bond motifs is 2. The molecule has 0 bridgehead atoms. The third-order valence-electron chi connectivity index (χ3n) is 4.70. The first-order valence-corrected chi connectivity index (χ1v) is 8.50. The molecule has 0 aromatic carbocycles. The van der Waals surface area contributed by atoms with Gasteiger partial charge in [-0.25, -0.2) is 9.97 Å². The SMILES string of the molecule is CC(C)c1ccc2nc(CC(C)c3ccn4ccnc4c3)cn2c1. The molecule has 122 valence electrons. The summed E-state index contributed by atoms with van der Waals surface area (Å²) < 4.78 is 4.18. The van der Waals surface area contributed by atoms with E-state index in [1.54, 1.807) is 0 Å². The Labute approximate surface area is 141 Å². The van der Waals surface area contributed by atoms with Gasteiger partial charge >= 0.3 is 0 Å². The molecule has 0 fully saturated rings. The van der Waals surface area contributed by atoms with Crippen LogP contribution in [0, 0.1) is 0 Å². The molecule has 0 aliphatic rings.